The maximum absolute atomic E-state index is 12.1. The zero-order valence-corrected chi connectivity index (χ0v) is 13.2. The second-order valence-corrected chi connectivity index (χ2v) is 6.10. The largest absolute Gasteiger partial charge is 0.497 e. The van der Waals surface area contributed by atoms with E-state index in [2.05, 4.69) is 10.3 Å². The maximum Gasteiger partial charge on any atom is 0.230 e. The molecule has 1 N–H and O–H groups in total. The number of rotatable bonds is 4. The van der Waals surface area contributed by atoms with Gasteiger partial charge in [0.15, 0.2) is 5.13 Å². The minimum absolute atomic E-state index is 0.0587. The van der Waals surface area contributed by atoms with Crippen LogP contribution < -0.4 is 10.1 Å². The lowest BCUT2D eigenvalue weighted by Gasteiger charge is -2.02. The summed E-state index contributed by atoms with van der Waals surface area (Å²) in [5.41, 5.74) is 3.01. The fourth-order valence-electron chi connectivity index (χ4n) is 2.26. The van der Waals surface area contributed by atoms with E-state index in [1.807, 2.05) is 49.4 Å². The Morgan fingerprint density at radius 1 is 1.27 bits per heavy atom. The molecule has 0 aliphatic carbocycles. The predicted octanol–water partition coefficient (Wildman–Crippen LogP) is 3.79. The van der Waals surface area contributed by atoms with Crippen molar-refractivity contribution in [3.05, 3.63) is 53.6 Å². The van der Waals surface area contributed by atoms with Crippen molar-refractivity contribution < 1.29 is 9.53 Å². The van der Waals surface area contributed by atoms with Crippen molar-refractivity contribution in [1.82, 2.24) is 4.98 Å². The molecule has 0 fully saturated rings. The lowest BCUT2D eigenvalue weighted by molar-refractivity contribution is -0.115. The zero-order valence-electron chi connectivity index (χ0n) is 12.4. The number of aromatic nitrogens is 1. The third-order valence-electron chi connectivity index (χ3n) is 3.29. The molecule has 0 aliphatic heterocycles. The Labute approximate surface area is 132 Å². The lowest BCUT2D eigenvalue weighted by atomic mass is 10.1. The topological polar surface area (TPSA) is 51.2 Å². The van der Waals surface area contributed by atoms with Crippen LogP contribution in [0, 0.1) is 6.92 Å². The van der Waals surface area contributed by atoms with E-state index in [9.17, 15) is 4.79 Å². The number of benzene rings is 2. The van der Waals surface area contributed by atoms with E-state index in [4.69, 9.17) is 4.74 Å². The summed E-state index contributed by atoms with van der Waals surface area (Å²) in [5, 5.41) is 3.48. The number of hydrogen-bond donors (Lipinski definition) is 1. The van der Waals surface area contributed by atoms with Gasteiger partial charge in [0.25, 0.3) is 0 Å². The second kappa shape index (κ2) is 6.15. The molecular formula is C17H16N2O2S. The Kier molecular flexibility index (Phi) is 4.06. The van der Waals surface area contributed by atoms with Crippen molar-refractivity contribution in [2.75, 3.05) is 12.4 Å². The molecule has 22 heavy (non-hydrogen) atoms. The standard InChI is InChI=1S/C17H16N2O2S/c1-11-4-3-5-12(8-11)9-16(20)19-17-18-14-7-6-13(21-2)10-15(14)22-17/h3-8,10H,9H2,1-2H3,(H,18,19,20). The highest BCUT2D eigenvalue weighted by Gasteiger charge is 2.09. The van der Waals surface area contributed by atoms with Gasteiger partial charge in [-0.05, 0) is 30.7 Å². The molecule has 1 amide bonds. The Balaban J connectivity index is 1.73. The molecule has 1 aromatic heterocycles. The van der Waals surface area contributed by atoms with Crippen LogP contribution in [-0.2, 0) is 11.2 Å². The molecule has 112 valence electrons. The molecule has 0 saturated heterocycles. The second-order valence-electron chi connectivity index (χ2n) is 5.07. The van der Waals surface area contributed by atoms with Gasteiger partial charge in [-0.15, -0.1) is 0 Å². The van der Waals surface area contributed by atoms with Crippen LogP contribution in [0.4, 0.5) is 5.13 Å². The van der Waals surface area contributed by atoms with Crippen molar-refractivity contribution in [2.45, 2.75) is 13.3 Å². The van der Waals surface area contributed by atoms with Crippen LogP contribution in [0.5, 0.6) is 5.75 Å². The van der Waals surface area contributed by atoms with E-state index in [0.29, 0.717) is 11.6 Å². The number of thiazole rings is 1. The molecule has 2 aromatic carbocycles. The van der Waals surface area contributed by atoms with Crippen LogP contribution in [0.3, 0.4) is 0 Å². The average Bonchev–Trinajstić information content (AvgIpc) is 2.87. The number of anilines is 1. The molecule has 3 aromatic rings. The Hall–Kier alpha value is -2.40. The number of carbonyl (C=O) groups is 1. The molecule has 0 unspecified atom stereocenters. The van der Waals surface area contributed by atoms with E-state index >= 15 is 0 Å². The van der Waals surface area contributed by atoms with Gasteiger partial charge < -0.3 is 10.1 Å². The molecular weight excluding hydrogens is 296 g/mol. The molecule has 1 heterocycles. The van der Waals surface area contributed by atoms with Gasteiger partial charge in [-0.3, -0.25) is 4.79 Å². The number of nitrogens with one attached hydrogen (secondary N) is 1. The number of methoxy groups -OCH3 is 1. The molecule has 4 nitrogen and oxygen atoms in total. The van der Waals surface area contributed by atoms with E-state index in [1.165, 1.54) is 11.3 Å². The Bertz CT molecular complexity index is 826. The molecule has 0 atom stereocenters. The first-order chi connectivity index (χ1) is 10.6. The van der Waals surface area contributed by atoms with E-state index in [-0.39, 0.29) is 5.91 Å². The van der Waals surface area contributed by atoms with Gasteiger partial charge >= 0.3 is 0 Å². The van der Waals surface area contributed by atoms with Gasteiger partial charge in [-0.2, -0.15) is 0 Å². The molecule has 0 bridgehead atoms. The van der Waals surface area contributed by atoms with Crippen molar-refractivity contribution in [3.8, 4) is 5.75 Å². The third-order valence-corrected chi connectivity index (χ3v) is 4.22. The summed E-state index contributed by atoms with van der Waals surface area (Å²) < 4.78 is 6.19. The van der Waals surface area contributed by atoms with Gasteiger partial charge in [0.05, 0.1) is 23.7 Å². The number of hydrogen-bond acceptors (Lipinski definition) is 4. The third kappa shape index (κ3) is 3.26. The van der Waals surface area contributed by atoms with E-state index < -0.39 is 0 Å². The summed E-state index contributed by atoms with van der Waals surface area (Å²) in [6, 6.07) is 13.6. The molecule has 0 aliphatic rings. The van der Waals surface area contributed by atoms with Crippen LogP contribution in [0.25, 0.3) is 10.2 Å². The van der Waals surface area contributed by atoms with Gasteiger partial charge in [0.1, 0.15) is 5.75 Å². The summed E-state index contributed by atoms with van der Waals surface area (Å²) >= 11 is 1.45. The molecule has 5 heteroatoms. The predicted molar refractivity (Wildman–Crippen MR) is 89.7 cm³/mol. The van der Waals surface area contributed by atoms with Crippen molar-refractivity contribution in [1.29, 1.82) is 0 Å². The fourth-order valence-corrected chi connectivity index (χ4v) is 3.17. The average molecular weight is 312 g/mol. The first-order valence-corrected chi connectivity index (χ1v) is 7.75. The first-order valence-electron chi connectivity index (χ1n) is 6.94. The summed E-state index contributed by atoms with van der Waals surface area (Å²) in [6.07, 6.45) is 0.348. The zero-order chi connectivity index (χ0) is 15.5. The number of carbonyl (C=O) groups excluding carboxylic acids is 1. The lowest BCUT2D eigenvalue weighted by Crippen LogP contribution is -2.14. The number of fused-ring (bicyclic) bond motifs is 1. The summed E-state index contributed by atoms with van der Waals surface area (Å²) in [7, 11) is 1.63. The van der Waals surface area contributed by atoms with Crippen molar-refractivity contribution >= 4 is 32.6 Å². The minimum atomic E-state index is -0.0587. The van der Waals surface area contributed by atoms with Crippen LogP contribution in [-0.4, -0.2) is 18.0 Å². The van der Waals surface area contributed by atoms with E-state index in [0.717, 1.165) is 27.1 Å². The van der Waals surface area contributed by atoms with Gasteiger partial charge in [0.2, 0.25) is 5.91 Å². The van der Waals surface area contributed by atoms with Crippen molar-refractivity contribution in [2.24, 2.45) is 0 Å². The quantitative estimate of drug-likeness (QED) is 0.797. The SMILES string of the molecule is COc1ccc2nc(NC(=O)Cc3cccc(C)c3)sc2c1. The first kappa shape index (κ1) is 14.5. The Morgan fingerprint density at radius 2 is 2.14 bits per heavy atom. The maximum atomic E-state index is 12.1. The van der Waals surface area contributed by atoms with Crippen LogP contribution in [0.1, 0.15) is 11.1 Å². The summed E-state index contributed by atoms with van der Waals surface area (Å²) in [5.74, 6) is 0.727. The normalized spacial score (nSPS) is 10.6. The number of aryl methyl sites for hydroxylation is 1. The van der Waals surface area contributed by atoms with Crippen LogP contribution >= 0.6 is 11.3 Å². The van der Waals surface area contributed by atoms with Gasteiger partial charge in [-0.1, -0.05) is 41.2 Å². The van der Waals surface area contributed by atoms with Gasteiger partial charge in [-0.25, -0.2) is 4.98 Å². The summed E-state index contributed by atoms with van der Waals surface area (Å²) in [4.78, 5) is 16.5. The number of amides is 1. The number of ether oxygens (including phenoxy) is 1. The highest BCUT2D eigenvalue weighted by Crippen LogP contribution is 2.29. The van der Waals surface area contributed by atoms with Crippen LogP contribution in [0.15, 0.2) is 42.5 Å². The minimum Gasteiger partial charge on any atom is -0.497 e. The molecule has 3 rings (SSSR count). The molecule has 0 radical (unpaired) electrons. The highest BCUT2D eigenvalue weighted by atomic mass is 32.1. The monoisotopic (exact) mass is 312 g/mol. The molecule has 0 spiro atoms. The Morgan fingerprint density at radius 3 is 2.91 bits per heavy atom. The van der Waals surface area contributed by atoms with Gasteiger partial charge in [0, 0.05) is 0 Å². The van der Waals surface area contributed by atoms with Crippen molar-refractivity contribution in [3.63, 3.8) is 0 Å². The number of nitrogens with zero attached hydrogens (tertiary/aromatic N) is 1. The highest BCUT2D eigenvalue weighted by molar-refractivity contribution is 7.22. The summed E-state index contributed by atoms with van der Waals surface area (Å²) in [6.45, 7) is 2.02. The molecule has 0 saturated carbocycles. The van der Waals surface area contributed by atoms with E-state index in [1.54, 1.807) is 7.11 Å². The van der Waals surface area contributed by atoms with Crippen LogP contribution in [0.2, 0.25) is 0 Å². The fraction of sp³-hybridized carbons (Fsp3) is 0.176. The smallest absolute Gasteiger partial charge is 0.230 e.